The van der Waals surface area contributed by atoms with Crippen molar-refractivity contribution in [1.29, 1.82) is 0 Å². The minimum atomic E-state index is -1.30. The number of aromatic nitrogens is 1. The van der Waals surface area contributed by atoms with Crippen molar-refractivity contribution < 1.29 is 19.4 Å². The number of rotatable bonds is 2. The molecule has 0 aliphatic rings. The number of hydrogen-bond acceptors (Lipinski definition) is 4. The Bertz CT molecular complexity index is 528. The van der Waals surface area contributed by atoms with Crippen LogP contribution in [0.25, 0.3) is 0 Å². The van der Waals surface area contributed by atoms with Gasteiger partial charge in [-0.25, -0.2) is 14.6 Å². The number of ether oxygens (including phenoxy) is 1. The highest BCUT2D eigenvalue weighted by atomic mass is 79.9. The number of amides is 1. The molecule has 0 aromatic carbocycles. The predicted octanol–water partition coefficient (Wildman–Crippen LogP) is 3.54. The van der Waals surface area contributed by atoms with Gasteiger partial charge in [0, 0.05) is 6.20 Å². The molecule has 6 nitrogen and oxygen atoms in total. The number of carboxylic acid groups (broad SMARTS) is 1. The summed E-state index contributed by atoms with van der Waals surface area (Å²) in [4.78, 5) is 26.5. The van der Waals surface area contributed by atoms with Crippen LogP contribution in [0.1, 0.15) is 31.1 Å². The molecular formula is C11H12BrClN2O4. The van der Waals surface area contributed by atoms with Gasteiger partial charge in [0.2, 0.25) is 0 Å². The number of anilines is 1. The summed E-state index contributed by atoms with van der Waals surface area (Å²) in [6.07, 6.45) is 0.488. The Morgan fingerprint density at radius 3 is 2.53 bits per heavy atom. The van der Waals surface area contributed by atoms with Gasteiger partial charge in [0.1, 0.15) is 11.2 Å². The molecule has 0 atom stereocenters. The van der Waals surface area contributed by atoms with Crippen LogP contribution in [0.4, 0.5) is 10.6 Å². The van der Waals surface area contributed by atoms with Gasteiger partial charge < -0.3 is 9.84 Å². The van der Waals surface area contributed by atoms with Gasteiger partial charge >= 0.3 is 12.1 Å². The summed E-state index contributed by atoms with van der Waals surface area (Å²) >= 11 is 8.91. The fourth-order valence-electron chi connectivity index (χ4n) is 1.16. The van der Waals surface area contributed by atoms with Crippen LogP contribution in [0, 0.1) is 0 Å². The summed E-state index contributed by atoms with van der Waals surface area (Å²) in [6, 6.07) is 0. The quantitative estimate of drug-likeness (QED) is 0.850. The predicted molar refractivity (Wildman–Crippen MR) is 73.8 cm³/mol. The largest absolute Gasteiger partial charge is 0.478 e. The van der Waals surface area contributed by atoms with E-state index in [0.717, 1.165) is 0 Å². The molecule has 19 heavy (non-hydrogen) atoms. The van der Waals surface area contributed by atoms with Crippen molar-refractivity contribution in [3.63, 3.8) is 0 Å². The van der Waals surface area contributed by atoms with Crippen LogP contribution in [0.2, 0.25) is 5.02 Å². The number of carboxylic acids is 1. The number of carbonyl (C=O) groups excluding carboxylic acids is 1. The third-order valence-corrected chi connectivity index (χ3v) is 3.03. The maximum absolute atomic E-state index is 11.6. The van der Waals surface area contributed by atoms with Crippen LogP contribution in [-0.2, 0) is 4.74 Å². The van der Waals surface area contributed by atoms with Crippen molar-refractivity contribution in [2.24, 2.45) is 0 Å². The van der Waals surface area contributed by atoms with E-state index in [1.165, 1.54) is 6.20 Å². The van der Waals surface area contributed by atoms with Crippen LogP contribution < -0.4 is 5.32 Å². The number of nitrogens with zero attached hydrogens (tertiary/aromatic N) is 1. The van der Waals surface area contributed by atoms with E-state index < -0.39 is 17.7 Å². The van der Waals surface area contributed by atoms with E-state index in [-0.39, 0.29) is 16.4 Å². The summed E-state index contributed by atoms with van der Waals surface area (Å²) in [5, 5.41) is 11.3. The lowest BCUT2D eigenvalue weighted by molar-refractivity contribution is 0.0635. The average Bonchev–Trinajstić information content (AvgIpc) is 2.20. The molecular weight excluding hydrogens is 339 g/mol. The second kappa shape index (κ2) is 5.75. The molecule has 0 saturated carbocycles. The Balaban J connectivity index is 3.05. The van der Waals surface area contributed by atoms with Crippen LogP contribution >= 0.6 is 27.5 Å². The summed E-state index contributed by atoms with van der Waals surface area (Å²) < 4.78 is 5.33. The molecule has 0 aliphatic heterocycles. The minimum absolute atomic E-state index is 0.0476. The number of carbonyl (C=O) groups is 2. The van der Waals surface area contributed by atoms with Crippen LogP contribution in [0.3, 0.4) is 0 Å². The first-order chi connectivity index (χ1) is 8.61. The first-order valence-electron chi connectivity index (χ1n) is 5.19. The zero-order valence-electron chi connectivity index (χ0n) is 10.5. The molecule has 1 aromatic heterocycles. The van der Waals surface area contributed by atoms with Crippen LogP contribution in [0.5, 0.6) is 0 Å². The first kappa shape index (κ1) is 15.7. The second-order valence-electron chi connectivity index (χ2n) is 4.58. The molecule has 0 saturated heterocycles. The summed E-state index contributed by atoms with van der Waals surface area (Å²) in [7, 11) is 0. The molecule has 104 valence electrons. The molecule has 1 aromatic rings. The number of nitrogens with one attached hydrogen (secondary N) is 1. The van der Waals surface area contributed by atoms with E-state index in [0.29, 0.717) is 4.47 Å². The number of hydrogen-bond donors (Lipinski definition) is 2. The highest BCUT2D eigenvalue weighted by Crippen LogP contribution is 2.30. The Kier molecular flexibility index (Phi) is 4.75. The van der Waals surface area contributed by atoms with Crippen molar-refractivity contribution >= 4 is 45.4 Å². The van der Waals surface area contributed by atoms with Crippen molar-refractivity contribution in [3.8, 4) is 0 Å². The van der Waals surface area contributed by atoms with E-state index in [1.807, 2.05) is 0 Å². The normalized spacial score (nSPS) is 11.0. The molecule has 8 heteroatoms. The van der Waals surface area contributed by atoms with Crippen LogP contribution in [-0.4, -0.2) is 27.8 Å². The van der Waals surface area contributed by atoms with Gasteiger partial charge in [-0.05, 0) is 36.7 Å². The number of halogens is 2. The molecule has 1 rings (SSSR count). The second-order valence-corrected chi connectivity index (χ2v) is 5.81. The first-order valence-corrected chi connectivity index (χ1v) is 6.36. The lowest BCUT2D eigenvalue weighted by Crippen LogP contribution is -2.28. The topological polar surface area (TPSA) is 88.5 Å². The summed E-state index contributed by atoms with van der Waals surface area (Å²) in [5.74, 6) is -1.47. The fraction of sp³-hybridized carbons (Fsp3) is 0.364. The zero-order chi connectivity index (χ0) is 14.8. The molecule has 0 bridgehead atoms. The third-order valence-electron chi connectivity index (χ3n) is 1.81. The lowest BCUT2D eigenvalue weighted by Gasteiger charge is -2.20. The van der Waals surface area contributed by atoms with E-state index in [4.69, 9.17) is 21.4 Å². The van der Waals surface area contributed by atoms with Gasteiger partial charge in [-0.1, -0.05) is 11.6 Å². The van der Waals surface area contributed by atoms with Gasteiger partial charge in [-0.3, -0.25) is 5.32 Å². The monoisotopic (exact) mass is 350 g/mol. The van der Waals surface area contributed by atoms with E-state index in [1.54, 1.807) is 20.8 Å². The molecule has 1 heterocycles. The molecule has 0 fully saturated rings. The molecule has 2 N–H and O–H groups in total. The fourth-order valence-corrected chi connectivity index (χ4v) is 1.68. The minimum Gasteiger partial charge on any atom is -0.478 e. The maximum atomic E-state index is 11.6. The Morgan fingerprint density at radius 2 is 2.05 bits per heavy atom. The summed E-state index contributed by atoms with van der Waals surface area (Å²) in [5.41, 5.74) is -1.01. The van der Waals surface area contributed by atoms with Gasteiger partial charge in [0.25, 0.3) is 0 Å². The van der Waals surface area contributed by atoms with Gasteiger partial charge in [0.15, 0.2) is 5.82 Å². The van der Waals surface area contributed by atoms with E-state index >= 15 is 0 Å². The van der Waals surface area contributed by atoms with E-state index in [2.05, 4.69) is 26.2 Å². The highest BCUT2D eigenvalue weighted by Gasteiger charge is 2.22. The maximum Gasteiger partial charge on any atom is 0.413 e. The van der Waals surface area contributed by atoms with Crippen molar-refractivity contribution in [3.05, 3.63) is 21.3 Å². The van der Waals surface area contributed by atoms with Crippen LogP contribution in [0.15, 0.2) is 10.7 Å². The number of aromatic carboxylic acids is 1. The Labute approximate surface area is 123 Å². The van der Waals surface area contributed by atoms with Crippen molar-refractivity contribution in [1.82, 2.24) is 4.98 Å². The lowest BCUT2D eigenvalue weighted by atomic mass is 10.2. The van der Waals surface area contributed by atoms with Crippen molar-refractivity contribution in [2.45, 2.75) is 26.4 Å². The molecule has 0 radical (unpaired) electrons. The SMILES string of the molecule is CC(C)(C)OC(=O)Nc1ncc(Br)c(Cl)c1C(=O)O. The molecule has 0 unspecified atom stereocenters. The van der Waals surface area contributed by atoms with Gasteiger partial charge in [-0.15, -0.1) is 0 Å². The van der Waals surface area contributed by atoms with Crippen molar-refractivity contribution in [2.75, 3.05) is 5.32 Å². The highest BCUT2D eigenvalue weighted by molar-refractivity contribution is 9.10. The average molecular weight is 352 g/mol. The van der Waals surface area contributed by atoms with Gasteiger partial charge in [-0.2, -0.15) is 0 Å². The molecule has 0 aliphatic carbocycles. The van der Waals surface area contributed by atoms with Gasteiger partial charge in [0.05, 0.1) is 9.50 Å². The Hall–Kier alpha value is -1.34. The zero-order valence-corrected chi connectivity index (χ0v) is 12.8. The molecule has 0 spiro atoms. The smallest absolute Gasteiger partial charge is 0.413 e. The standard InChI is InChI=1S/C11H12BrClN2O4/c1-11(2,3)19-10(18)15-8-6(9(16)17)7(13)5(12)4-14-8/h4H,1-3H3,(H,16,17)(H,14,15,18). The molecule has 1 amide bonds. The number of pyridine rings is 1. The third kappa shape index (κ3) is 4.36. The van der Waals surface area contributed by atoms with E-state index in [9.17, 15) is 9.59 Å². The summed E-state index contributed by atoms with van der Waals surface area (Å²) in [6.45, 7) is 5.06. The Morgan fingerprint density at radius 1 is 1.47 bits per heavy atom.